The van der Waals surface area contributed by atoms with Crippen molar-refractivity contribution in [2.45, 2.75) is 70.8 Å². The summed E-state index contributed by atoms with van der Waals surface area (Å²) in [5.41, 5.74) is 1.24. The predicted molar refractivity (Wildman–Crippen MR) is 88.2 cm³/mol. The first-order chi connectivity index (χ1) is 10.7. The number of carbonyl (C=O) groups excluding carboxylic acids is 1. The van der Waals surface area contributed by atoms with E-state index in [0.717, 1.165) is 44.5 Å². The summed E-state index contributed by atoms with van der Waals surface area (Å²) in [5.74, 6) is 1.14. The molecule has 1 aliphatic carbocycles. The Kier molecular flexibility index (Phi) is 6.75. The number of unbranched alkanes of at least 4 members (excludes halogenated alkanes) is 1. The molecule has 0 radical (unpaired) electrons. The maximum absolute atomic E-state index is 11.7. The molecule has 0 bridgehead atoms. The highest BCUT2D eigenvalue weighted by Gasteiger charge is 2.29. The summed E-state index contributed by atoms with van der Waals surface area (Å²) >= 11 is 0. The quantitative estimate of drug-likeness (QED) is 0.534. The first kappa shape index (κ1) is 16.9. The molecular weight excluding hydrogens is 276 g/mol. The highest BCUT2D eigenvalue weighted by Crippen LogP contribution is 2.36. The monoisotopic (exact) mass is 304 g/mol. The molecule has 1 aliphatic rings. The Balaban J connectivity index is 2.06. The van der Waals surface area contributed by atoms with Gasteiger partial charge in [-0.3, -0.25) is 4.79 Å². The van der Waals surface area contributed by atoms with E-state index >= 15 is 0 Å². The Hall–Kier alpha value is -1.51. The lowest BCUT2D eigenvalue weighted by Crippen LogP contribution is -2.28. The first-order valence-electron chi connectivity index (χ1n) is 8.66. The predicted octanol–water partition coefficient (Wildman–Crippen LogP) is 4.84. The maximum Gasteiger partial charge on any atom is 0.305 e. The lowest BCUT2D eigenvalue weighted by atomic mass is 9.81. The molecule has 1 aromatic rings. The zero-order valence-electron chi connectivity index (χ0n) is 13.8. The molecule has 22 heavy (non-hydrogen) atoms. The van der Waals surface area contributed by atoms with Gasteiger partial charge in [-0.1, -0.05) is 38.8 Å². The SMILES string of the molecule is CCCCOc1cccc([C@H]2CCCC[C@@H]2OC(=O)CC)c1. The standard InChI is InChI=1S/C19H28O3/c1-3-5-13-21-16-10-8-9-15(14-16)17-11-6-7-12-18(17)22-19(20)4-2/h8-10,14,17-18H,3-7,11-13H2,1-2H3/t17-,18+/m1/s1. The van der Waals surface area contributed by atoms with Gasteiger partial charge in [-0.25, -0.2) is 0 Å². The molecule has 0 N–H and O–H groups in total. The van der Waals surface area contributed by atoms with Crippen molar-refractivity contribution < 1.29 is 14.3 Å². The average Bonchev–Trinajstić information content (AvgIpc) is 2.56. The maximum atomic E-state index is 11.7. The molecule has 0 heterocycles. The highest BCUT2D eigenvalue weighted by atomic mass is 16.5. The largest absolute Gasteiger partial charge is 0.494 e. The van der Waals surface area contributed by atoms with E-state index < -0.39 is 0 Å². The second-order valence-corrected chi connectivity index (χ2v) is 6.05. The molecule has 0 aromatic heterocycles. The molecule has 0 aliphatic heterocycles. The van der Waals surface area contributed by atoms with Gasteiger partial charge in [-0.15, -0.1) is 0 Å². The summed E-state index contributed by atoms with van der Waals surface area (Å²) in [4.78, 5) is 11.7. The van der Waals surface area contributed by atoms with Crippen molar-refractivity contribution in [1.29, 1.82) is 0 Å². The van der Waals surface area contributed by atoms with E-state index in [-0.39, 0.29) is 12.1 Å². The number of benzene rings is 1. The molecule has 0 unspecified atom stereocenters. The fourth-order valence-corrected chi connectivity index (χ4v) is 3.04. The molecule has 0 amide bonds. The van der Waals surface area contributed by atoms with E-state index in [0.29, 0.717) is 12.3 Å². The Morgan fingerprint density at radius 3 is 2.82 bits per heavy atom. The fourth-order valence-electron chi connectivity index (χ4n) is 3.04. The number of carbonyl (C=O) groups is 1. The van der Waals surface area contributed by atoms with Crippen molar-refractivity contribution in [3.05, 3.63) is 29.8 Å². The number of hydrogen-bond acceptors (Lipinski definition) is 3. The van der Waals surface area contributed by atoms with E-state index in [1.165, 1.54) is 12.0 Å². The van der Waals surface area contributed by atoms with E-state index in [9.17, 15) is 4.79 Å². The minimum absolute atomic E-state index is 0.0205. The van der Waals surface area contributed by atoms with Crippen LogP contribution in [0.4, 0.5) is 0 Å². The normalized spacial score (nSPS) is 21.4. The number of rotatable bonds is 7. The second kappa shape index (κ2) is 8.82. The minimum Gasteiger partial charge on any atom is -0.494 e. The Labute approximate surface area is 134 Å². The molecule has 122 valence electrons. The summed E-state index contributed by atoms with van der Waals surface area (Å²) < 4.78 is 11.5. The molecular formula is C19H28O3. The fraction of sp³-hybridized carbons (Fsp3) is 0.632. The lowest BCUT2D eigenvalue weighted by Gasteiger charge is -2.31. The Morgan fingerprint density at radius 2 is 2.05 bits per heavy atom. The van der Waals surface area contributed by atoms with E-state index in [1.54, 1.807) is 0 Å². The zero-order valence-corrected chi connectivity index (χ0v) is 13.8. The van der Waals surface area contributed by atoms with Crippen LogP contribution in [0.3, 0.4) is 0 Å². The first-order valence-corrected chi connectivity index (χ1v) is 8.66. The van der Waals surface area contributed by atoms with Gasteiger partial charge in [0.15, 0.2) is 0 Å². The van der Waals surface area contributed by atoms with Crippen molar-refractivity contribution in [1.82, 2.24) is 0 Å². The van der Waals surface area contributed by atoms with Crippen molar-refractivity contribution in [3.8, 4) is 5.75 Å². The van der Waals surface area contributed by atoms with E-state index in [2.05, 4.69) is 19.1 Å². The Bertz CT molecular complexity index is 470. The third-order valence-corrected chi connectivity index (χ3v) is 4.33. The van der Waals surface area contributed by atoms with Gasteiger partial charge in [-0.2, -0.15) is 0 Å². The molecule has 1 saturated carbocycles. The van der Waals surface area contributed by atoms with Crippen LogP contribution in [0.25, 0.3) is 0 Å². The summed E-state index contributed by atoms with van der Waals surface area (Å²) in [5, 5.41) is 0. The van der Waals surface area contributed by atoms with Crippen LogP contribution in [0, 0.1) is 0 Å². The van der Waals surface area contributed by atoms with Crippen molar-refractivity contribution >= 4 is 5.97 Å². The van der Waals surface area contributed by atoms with Crippen molar-refractivity contribution in [3.63, 3.8) is 0 Å². The van der Waals surface area contributed by atoms with Gasteiger partial charge >= 0.3 is 5.97 Å². The summed E-state index contributed by atoms with van der Waals surface area (Å²) in [7, 11) is 0. The van der Waals surface area contributed by atoms with Gasteiger partial charge in [0, 0.05) is 12.3 Å². The minimum atomic E-state index is -0.0905. The van der Waals surface area contributed by atoms with Crippen LogP contribution in [-0.4, -0.2) is 18.7 Å². The highest BCUT2D eigenvalue weighted by molar-refractivity contribution is 5.69. The second-order valence-electron chi connectivity index (χ2n) is 6.05. The Morgan fingerprint density at radius 1 is 1.23 bits per heavy atom. The van der Waals surface area contributed by atoms with Crippen LogP contribution >= 0.6 is 0 Å². The van der Waals surface area contributed by atoms with Crippen LogP contribution in [0.2, 0.25) is 0 Å². The number of ether oxygens (including phenoxy) is 2. The zero-order chi connectivity index (χ0) is 15.8. The van der Waals surface area contributed by atoms with Gasteiger partial charge in [0.2, 0.25) is 0 Å². The molecule has 3 nitrogen and oxygen atoms in total. The molecule has 0 saturated heterocycles. The molecule has 2 atom stereocenters. The number of esters is 1. The topological polar surface area (TPSA) is 35.5 Å². The third-order valence-electron chi connectivity index (χ3n) is 4.33. The smallest absolute Gasteiger partial charge is 0.305 e. The summed E-state index contributed by atoms with van der Waals surface area (Å²) in [6, 6.07) is 8.31. The summed E-state index contributed by atoms with van der Waals surface area (Å²) in [6.07, 6.45) is 7.08. The molecule has 2 rings (SSSR count). The van der Waals surface area contributed by atoms with Crippen LogP contribution in [0.1, 0.15) is 70.3 Å². The molecule has 3 heteroatoms. The van der Waals surface area contributed by atoms with Gasteiger partial charge in [0.1, 0.15) is 11.9 Å². The van der Waals surface area contributed by atoms with Crippen LogP contribution < -0.4 is 4.74 Å². The average molecular weight is 304 g/mol. The van der Waals surface area contributed by atoms with Crippen molar-refractivity contribution in [2.75, 3.05) is 6.61 Å². The molecule has 1 aromatic carbocycles. The van der Waals surface area contributed by atoms with Gasteiger partial charge in [-0.05, 0) is 43.4 Å². The summed E-state index contributed by atoms with van der Waals surface area (Å²) in [6.45, 7) is 4.77. The van der Waals surface area contributed by atoms with E-state index in [4.69, 9.17) is 9.47 Å². The van der Waals surface area contributed by atoms with Crippen LogP contribution in [-0.2, 0) is 9.53 Å². The molecule has 1 fully saturated rings. The van der Waals surface area contributed by atoms with Gasteiger partial charge < -0.3 is 9.47 Å². The molecule has 0 spiro atoms. The van der Waals surface area contributed by atoms with E-state index in [1.807, 2.05) is 19.1 Å². The van der Waals surface area contributed by atoms with Gasteiger partial charge in [0.05, 0.1) is 6.61 Å². The van der Waals surface area contributed by atoms with Crippen LogP contribution in [0.15, 0.2) is 24.3 Å². The number of hydrogen-bond donors (Lipinski definition) is 0. The van der Waals surface area contributed by atoms with Gasteiger partial charge in [0.25, 0.3) is 0 Å². The van der Waals surface area contributed by atoms with Crippen LogP contribution in [0.5, 0.6) is 5.75 Å². The third kappa shape index (κ3) is 4.75. The van der Waals surface area contributed by atoms with Crippen molar-refractivity contribution in [2.24, 2.45) is 0 Å². The lowest BCUT2D eigenvalue weighted by molar-refractivity contribution is -0.151.